The average Bonchev–Trinajstić information content (AvgIpc) is 2.91. The van der Waals surface area contributed by atoms with Gasteiger partial charge in [-0.25, -0.2) is 9.18 Å². The Morgan fingerprint density at radius 3 is 2.60 bits per heavy atom. The van der Waals surface area contributed by atoms with Crippen molar-refractivity contribution >= 4 is 32.8 Å². The fraction of sp³-hybridized carbons (Fsp3) is 0.125. The number of rotatable bonds is 3. The number of aromatic carboxylic acids is 1. The summed E-state index contributed by atoms with van der Waals surface area (Å²) < 4.78 is 53.7. The van der Waals surface area contributed by atoms with E-state index in [0.29, 0.717) is 11.1 Å². The van der Waals surface area contributed by atoms with Gasteiger partial charge < -0.3 is 5.11 Å². The molecule has 1 heterocycles. The summed E-state index contributed by atoms with van der Waals surface area (Å²) in [7, 11) is 0. The number of alkyl halides is 3. The van der Waals surface area contributed by atoms with Crippen LogP contribution in [0.4, 0.5) is 17.6 Å². The zero-order valence-corrected chi connectivity index (χ0v) is 13.9. The first-order valence-electron chi connectivity index (χ1n) is 6.91. The van der Waals surface area contributed by atoms with Gasteiger partial charge in [0.05, 0.1) is 29.4 Å². The molecule has 130 valence electrons. The topological polar surface area (TPSA) is 55.1 Å². The van der Waals surface area contributed by atoms with Gasteiger partial charge in [0.1, 0.15) is 5.82 Å². The third-order valence-electron chi connectivity index (χ3n) is 3.61. The minimum Gasteiger partial charge on any atom is -0.478 e. The molecule has 2 aromatic carbocycles. The molecule has 0 spiro atoms. The molecule has 0 saturated heterocycles. The molecule has 3 aromatic rings. The number of fused-ring (bicyclic) bond motifs is 1. The van der Waals surface area contributed by atoms with Gasteiger partial charge >= 0.3 is 12.1 Å². The average molecular weight is 417 g/mol. The lowest BCUT2D eigenvalue weighted by atomic mass is 10.1. The van der Waals surface area contributed by atoms with Gasteiger partial charge in [-0.2, -0.15) is 18.3 Å². The van der Waals surface area contributed by atoms with Gasteiger partial charge in [0.25, 0.3) is 0 Å². The number of carboxylic acid groups (broad SMARTS) is 1. The molecule has 0 unspecified atom stereocenters. The molecule has 0 aliphatic rings. The highest BCUT2D eigenvalue weighted by Gasteiger charge is 2.31. The molecule has 0 aliphatic heterocycles. The van der Waals surface area contributed by atoms with Crippen LogP contribution in [0.25, 0.3) is 10.9 Å². The quantitative estimate of drug-likeness (QED) is 0.629. The highest BCUT2D eigenvalue weighted by atomic mass is 79.9. The van der Waals surface area contributed by atoms with E-state index in [9.17, 15) is 22.4 Å². The van der Waals surface area contributed by atoms with E-state index in [1.807, 2.05) is 0 Å². The van der Waals surface area contributed by atoms with E-state index < -0.39 is 29.1 Å². The third-order valence-corrected chi connectivity index (χ3v) is 4.21. The molecule has 0 fully saturated rings. The maximum atomic E-state index is 13.5. The van der Waals surface area contributed by atoms with E-state index in [1.54, 1.807) is 0 Å². The predicted molar refractivity (Wildman–Crippen MR) is 84.9 cm³/mol. The Balaban J connectivity index is 2.03. The first kappa shape index (κ1) is 17.4. The summed E-state index contributed by atoms with van der Waals surface area (Å²) in [6.07, 6.45) is -3.19. The SMILES string of the molecule is O=C(O)c1cc(Cn2ncc3cc(C(F)(F)F)cc(Br)c32)ccc1F. The Hall–Kier alpha value is -2.42. The summed E-state index contributed by atoms with van der Waals surface area (Å²) >= 11 is 3.12. The van der Waals surface area contributed by atoms with Crippen molar-refractivity contribution in [2.45, 2.75) is 12.7 Å². The summed E-state index contributed by atoms with van der Waals surface area (Å²) in [6, 6.07) is 5.53. The Labute approximate surface area is 146 Å². The Morgan fingerprint density at radius 2 is 1.96 bits per heavy atom. The molecule has 0 amide bonds. The maximum Gasteiger partial charge on any atom is 0.416 e. The number of carbonyl (C=O) groups is 1. The molecule has 0 radical (unpaired) electrons. The Bertz CT molecular complexity index is 982. The van der Waals surface area contributed by atoms with Crippen LogP contribution in [0.2, 0.25) is 0 Å². The monoisotopic (exact) mass is 416 g/mol. The second kappa shape index (κ2) is 6.14. The number of carboxylic acids is 1. The highest BCUT2D eigenvalue weighted by Crippen LogP contribution is 2.35. The van der Waals surface area contributed by atoms with E-state index in [4.69, 9.17) is 5.11 Å². The molecule has 0 saturated carbocycles. The number of hydrogen-bond acceptors (Lipinski definition) is 2. The molecule has 1 N–H and O–H groups in total. The lowest BCUT2D eigenvalue weighted by molar-refractivity contribution is -0.137. The number of nitrogens with zero attached hydrogens (tertiary/aromatic N) is 2. The molecule has 0 atom stereocenters. The number of hydrogen-bond donors (Lipinski definition) is 1. The summed E-state index contributed by atoms with van der Waals surface area (Å²) in [5.41, 5.74) is -0.404. The minimum atomic E-state index is -4.48. The second-order valence-corrected chi connectivity index (χ2v) is 6.17. The third kappa shape index (κ3) is 3.37. The summed E-state index contributed by atoms with van der Waals surface area (Å²) in [4.78, 5) is 11.0. The fourth-order valence-electron chi connectivity index (χ4n) is 2.47. The highest BCUT2D eigenvalue weighted by molar-refractivity contribution is 9.10. The summed E-state index contributed by atoms with van der Waals surface area (Å²) in [5.74, 6) is -2.27. The summed E-state index contributed by atoms with van der Waals surface area (Å²) in [6.45, 7) is 0.0774. The van der Waals surface area contributed by atoms with Crippen LogP contribution in [-0.4, -0.2) is 20.9 Å². The van der Waals surface area contributed by atoms with Crippen molar-refractivity contribution in [1.29, 1.82) is 0 Å². The minimum absolute atomic E-state index is 0.0774. The smallest absolute Gasteiger partial charge is 0.416 e. The zero-order valence-electron chi connectivity index (χ0n) is 12.3. The lowest BCUT2D eigenvalue weighted by Crippen LogP contribution is -2.07. The van der Waals surface area contributed by atoms with E-state index in [-0.39, 0.29) is 16.4 Å². The number of benzene rings is 2. The van der Waals surface area contributed by atoms with E-state index in [0.717, 1.165) is 18.2 Å². The van der Waals surface area contributed by atoms with Gasteiger partial charge in [-0.05, 0) is 45.8 Å². The molecule has 3 rings (SSSR count). The Kier molecular flexibility index (Phi) is 4.28. The van der Waals surface area contributed by atoms with E-state index >= 15 is 0 Å². The maximum absolute atomic E-state index is 13.5. The molecular weight excluding hydrogens is 408 g/mol. The van der Waals surface area contributed by atoms with Crippen molar-refractivity contribution < 1.29 is 27.5 Å². The van der Waals surface area contributed by atoms with Crippen molar-refractivity contribution in [3.63, 3.8) is 0 Å². The van der Waals surface area contributed by atoms with Crippen LogP contribution in [0.15, 0.2) is 41.0 Å². The predicted octanol–water partition coefficient (Wildman–Crippen LogP) is 4.70. The van der Waals surface area contributed by atoms with Crippen molar-refractivity contribution in [3.8, 4) is 0 Å². The van der Waals surface area contributed by atoms with Gasteiger partial charge in [0.15, 0.2) is 0 Å². The zero-order chi connectivity index (χ0) is 18.4. The number of aromatic nitrogens is 2. The first-order chi connectivity index (χ1) is 11.7. The largest absolute Gasteiger partial charge is 0.478 e. The number of halogens is 5. The van der Waals surface area contributed by atoms with Gasteiger partial charge in [0.2, 0.25) is 0 Å². The van der Waals surface area contributed by atoms with Crippen molar-refractivity contribution in [2.75, 3.05) is 0 Å². The molecule has 1 aromatic heterocycles. The fourth-order valence-corrected chi connectivity index (χ4v) is 3.15. The Morgan fingerprint density at radius 1 is 1.24 bits per heavy atom. The first-order valence-corrected chi connectivity index (χ1v) is 7.70. The van der Waals surface area contributed by atoms with E-state index in [2.05, 4.69) is 21.0 Å². The van der Waals surface area contributed by atoms with Gasteiger partial charge in [0, 0.05) is 9.86 Å². The van der Waals surface area contributed by atoms with Crippen molar-refractivity contribution in [3.05, 3.63) is 63.5 Å². The normalized spacial score (nSPS) is 11.9. The second-order valence-electron chi connectivity index (χ2n) is 5.32. The van der Waals surface area contributed by atoms with Gasteiger partial charge in [-0.3, -0.25) is 4.68 Å². The van der Waals surface area contributed by atoms with Crippen molar-refractivity contribution in [2.24, 2.45) is 0 Å². The standard InChI is InChI=1S/C16H9BrF4N2O2/c17-12-5-10(16(19,20)21)4-9-6-22-23(14(9)12)7-8-1-2-13(18)11(3-8)15(24)25/h1-6H,7H2,(H,24,25). The van der Waals surface area contributed by atoms with Crippen LogP contribution < -0.4 is 0 Å². The van der Waals surface area contributed by atoms with Crippen LogP contribution in [-0.2, 0) is 12.7 Å². The molecule has 25 heavy (non-hydrogen) atoms. The van der Waals surface area contributed by atoms with E-state index in [1.165, 1.54) is 23.0 Å². The van der Waals surface area contributed by atoms with Crippen LogP contribution in [0, 0.1) is 5.82 Å². The van der Waals surface area contributed by atoms with Gasteiger partial charge in [-0.1, -0.05) is 6.07 Å². The summed E-state index contributed by atoms with van der Waals surface area (Å²) in [5, 5.41) is 13.3. The van der Waals surface area contributed by atoms with Crippen LogP contribution in [0.3, 0.4) is 0 Å². The lowest BCUT2D eigenvalue weighted by Gasteiger charge is -2.10. The molecule has 9 heteroatoms. The molecule has 0 bridgehead atoms. The molecule has 4 nitrogen and oxygen atoms in total. The van der Waals surface area contributed by atoms with Crippen LogP contribution >= 0.6 is 15.9 Å². The molecular formula is C16H9BrF4N2O2. The van der Waals surface area contributed by atoms with Crippen molar-refractivity contribution in [1.82, 2.24) is 9.78 Å². The van der Waals surface area contributed by atoms with Crippen LogP contribution in [0.1, 0.15) is 21.5 Å². The molecule has 0 aliphatic carbocycles. The van der Waals surface area contributed by atoms with Crippen LogP contribution in [0.5, 0.6) is 0 Å². The van der Waals surface area contributed by atoms with Gasteiger partial charge in [-0.15, -0.1) is 0 Å².